The van der Waals surface area contributed by atoms with Crippen molar-refractivity contribution in [3.8, 4) is 44.5 Å². The Labute approximate surface area is 382 Å². The highest BCUT2D eigenvalue weighted by Crippen LogP contribution is 2.50. The van der Waals surface area contributed by atoms with Crippen LogP contribution >= 0.6 is 0 Å². The van der Waals surface area contributed by atoms with E-state index in [0.717, 1.165) is 38.8 Å². The van der Waals surface area contributed by atoms with E-state index in [1.165, 1.54) is 122 Å². The fourth-order valence-corrected chi connectivity index (χ4v) is 12.2. The molecule has 2 heterocycles. The Kier molecular flexibility index (Phi) is 8.82. The lowest BCUT2D eigenvalue weighted by molar-refractivity contribution is 0.651. The molecular formula is C63H52N2. The molecule has 2 aliphatic heterocycles. The van der Waals surface area contributed by atoms with E-state index in [0.29, 0.717) is 0 Å². The third kappa shape index (κ3) is 6.14. The van der Waals surface area contributed by atoms with Crippen LogP contribution in [0.15, 0.2) is 176 Å². The molecule has 0 saturated carbocycles. The number of para-hydroxylation sites is 2. The zero-order chi connectivity index (χ0) is 43.2. The van der Waals surface area contributed by atoms with E-state index in [4.69, 9.17) is 0 Å². The topological polar surface area (TPSA) is 6.48 Å². The molecule has 0 amide bonds. The van der Waals surface area contributed by atoms with Crippen LogP contribution in [0.3, 0.4) is 0 Å². The van der Waals surface area contributed by atoms with E-state index >= 15 is 0 Å². The summed E-state index contributed by atoms with van der Waals surface area (Å²) in [7, 11) is 0. The smallest absolute Gasteiger partial charge is 0.0517 e. The van der Waals surface area contributed by atoms with Crippen LogP contribution in [0.25, 0.3) is 78.2 Å². The maximum absolute atomic E-state index is 2.70. The molecule has 0 radical (unpaired) electrons. The van der Waals surface area contributed by atoms with Gasteiger partial charge in [0.1, 0.15) is 0 Å². The van der Waals surface area contributed by atoms with Crippen LogP contribution in [-0.2, 0) is 18.3 Å². The molecule has 1 unspecified atom stereocenters. The summed E-state index contributed by atoms with van der Waals surface area (Å²) in [6, 6.07) is 67.2. The van der Waals surface area contributed by atoms with Crippen LogP contribution in [0.5, 0.6) is 0 Å². The summed E-state index contributed by atoms with van der Waals surface area (Å²) in [6.07, 6.45) is 10.8. The second kappa shape index (κ2) is 15.0. The molecule has 0 saturated heterocycles. The molecule has 65 heavy (non-hydrogen) atoms. The highest BCUT2D eigenvalue weighted by atomic mass is 15.2. The Morgan fingerprint density at radius 3 is 2.00 bits per heavy atom. The molecule has 13 rings (SSSR count). The molecule has 0 N–H and O–H groups in total. The summed E-state index contributed by atoms with van der Waals surface area (Å²) in [5.74, 6) is 0. The quantitative estimate of drug-likeness (QED) is 0.170. The molecule has 0 bridgehead atoms. The number of anilines is 3. The monoisotopic (exact) mass is 836 g/mol. The minimum absolute atomic E-state index is 0.101. The van der Waals surface area contributed by atoms with Crippen LogP contribution in [-0.4, -0.2) is 19.1 Å². The number of aryl methyl sites for hydroxylation is 2. The molecule has 0 spiro atoms. The van der Waals surface area contributed by atoms with Gasteiger partial charge < -0.3 is 9.80 Å². The van der Waals surface area contributed by atoms with E-state index < -0.39 is 0 Å². The normalized spacial score (nSPS) is 16.8. The first-order chi connectivity index (χ1) is 32.0. The Balaban J connectivity index is 1.07. The molecular weight excluding hydrogens is 785 g/mol. The fourth-order valence-electron chi connectivity index (χ4n) is 12.2. The van der Waals surface area contributed by atoms with Crippen molar-refractivity contribution in [2.45, 2.75) is 57.4 Å². The molecule has 1 atom stereocenters. The Hall–Kier alpha value is -7.16. The van der Waals surface area contributed by atoms with Crippen molar-refractivity contribution in [2.75, 3.05) is 22.9 Å². The van der Waals surface area contributed by atoms with Crippen molar-refractivity contribution in [3.63, 3.8) is 0 Å². The first-order valence-corrected chi connectivity index (χ1v) is 23.8. The minimum atomic E-state index is -0.101. The van der Waals surface area contributed by atoms with Crippen molar-refractivity contribution >= 4 is 50.8 Å². The summed E-state index contributed by atoms with van der Waals surface area (Å²) >= 11 is 0. The first-order valence-electron chi connectivity index (χ1n) is 23.8. The highest BCUT2D eigenvalue weighted by molar-refractivity contribution is 6.08. The van der Waals surface area contributed by atoms with Gasteiger partial charge in [-0.2, -0.15) is 0 Å². The summed E-state index contributed by atoms with van der Waals surface area (Å²) in [6.45, 7) is 6.90. The number of benzene rings is 9. The van der Waals surface area contributed by atoms with Crippen LogP contribution in [0.4, 0.5) is 17.1 Å². The molecule has 2 heteroatoms. The second-order valence-electron chi connectivity index (χ2n) is 19.4. The Morgan fingerprint density at radius 2 is 1.14 bits per heavy atom. The van der Waals surface area contributed by atoms with E-state index in [9.17, 15) is 0 Å². The van der Waals surface area contributed by atoms with Gasteiger partial charge in [0.05, 0.1) is 6.04 Å². The van der Waals surface area contributed by atoms with Gasteiger partial charge in [0.15, 0.2) is 0 Å². The standard InChI is InChI=1S/C63H52N2/c1-63(2)57-20-8-7-19-51(57)52-32-29-48(38-58(52)63)62-54-34-31-49(64-35-11-17-43-14-5-9-21-59(43)64)39-55(54)61(45-26-23-42(24-27-45)47-28-25-41-13-3-4-16-46(41)37-47)53-33-30-50(40-56(53)62)65-36-12-18-44-15-6-10-22-60(44)65/h3-10,13-16,19-30,32-34,37-40,49H,11-12,17-18,31,35-36H2,1-2H3. The highest BCUT2D eigenvalue weighted by Gasteiger charge is 2.36. The number of hydrogen-bond donors (Lipinski definition) is 0. The summed E-state index contributed by atoms with van der Waals surface area (Å²) in [5, 5.41) is 7.87. The lowest BCUT2D eigenvalue weighted by Crippen LogP contribution is -2.43. The Morgan fingerprint density at radius 1 is 0.477 bits per heavy atom. The van der Waals surface area contributed by atoms with Gasteiger partial charge in [-0.25, -0.2) is 0 Å². The molecule has 2 aliphatic carbocycles. The van der Waals surface area contributed by atoms with Crippen molar-refractivity contribution in [1.82, 2.24) is 0 Å². The molecule has 9 aromatic carbocycles. The maximum Gasteiger partial charge on any atom is 0.0517 e. The van der Waals surface area contributed by atoms with Gasteiger partial charge in [-0.3, -0.25) is 0 Å². The number of rotatable bonds is 5. The predicted molar refractivity (Wildman–Crippen MR) is 276 cm³/mol. The minimum Gasteiger partial charge on any atom is -0.365 e. The van der Waals surface area contributed by atoms with Gasteiger partial charge in [-0.15, -0.1) is 0 Å². The maximum atomic E-state index is 2.70. The van der Waals surface area contributed by atoms with Crippen molar-refractivity contribution in [3.05, 3.63) is 209 Å². The third-order valence-electron chi connectivity index (χ3n) is 15.4. The summed E-state index contributed by atoms with van der Waals surface area (Å²) in [5.41, 5.74) is 20.1. The summed E-state index contributed by atoms with van der Waals surface area (Å²) in [4.78, 5) is 5.27. The summed E-state index contributed by atoms with van der Waals surface area (Å²) < 4.78 is 0. The van der Waals surface area contributed by atoms with Crippen LogP contribution < -0.4 is 20.2 Å². The van der Waals surface area contributed by atoms with Crippen LogP contribution in [0.2, 0.25) is 0 Å². The van der Waals surface area contributed by atoms with Gasteiger partial charge in [-0.05, 0) is 167 Å². The number of fused-ring (bicyclic) bond motifs is 8. The fraction of sp³-hybridized carbons (Fsp3) is 0.175. The predicted octanol–water partition coefficient (Wildman–Crippen LogP) is 14.2. The van der Waals surface area contributed by atoms with Crippen molar-refractivity contribution < 1.29 is 0 Å². The van der Waals surface area contributed by atoms with E-state index in [-0.39, 0.29) is 11.5 Å². The zero-order valence-electron chi connectivity index (χ0n) is 37.3. The SMILES string of the molecule is CC1(C)c2ccccc2-c2ccc(-c3c4c(c(-c5ccc(-c6ccc7ccccc7c6)cc5)c5ccc(N6CCCc7ccccc76)cc35)=CC(N3CCCc5ccccc53)CC=4)cc21. The average Bonchev–Trinajstić information content (AvgIpc) is 3.59. The van der Waals surface area contributed by atoms with E-state index in [1.54, 1.807) is 0 Å². The van der Waals surface area contributed by atoms with Gasteiger partial charge in [0.25, 0.3) is 0 Å². The largest absolute Gasteiger partial charge is 0.365 e. The van der Waals surface area contributed by atoms with Gasteiger partial charge >= 0.3 is 0 Å². The number of nitrogens with zero attached hydrogens (tertiary/aromatic N) is 2. The lowest BCUT2D eigenvalue weighted by atomic mass is 9.80. The van der Waals surface area contributed by atoms with E-state index in [2.05, 4.69) is 212 Å². The van der Waals surface area contributed by atoms with Crippen LogP contribution in [0, 0.1) is 0 Å². The molecule has 9 aromatic rings. The molecule has 2 nitrogen and oxygen atoms in total. The number of hydrogen-bond acceptors (Lipinski definition) is 2. The second-order valence-corrected chi connectivity index (χ2v) is 19.4. The molecule has 314 valence electrons. The van der Waals surface area contributed by atoms with Crippen molar-refractivity contribution in [2.24, 2.45) is 0 Å². The van der Waals surface area contributed by atoms with Gasteiger partial charge in [0.2, 0.25) is 0 Å². The van der Waals surface area contributed by atoms with Gasteiger partial charge in [-0.1, -0.05) is 166 Å². The van der Waals surface area contributed by atoms with E-state index in [1.807, 2.05) is 0 Å². The van der Waals surface area contributed by atoms with Gasteiger partial charge in [0, 0.05) is 35.6 Å². The average molecular weight is 837 g/mol. The van der Waals surface area contributed by atoms with Crippen LogP contribution in [0.1, 0.15) is 55.4 Å². The lowest BCUT2D eigenvalue weighted by Gasteiger charge is -2.37. The first kappa shape index (κ1) is 38.3. The molecule has 4 aliphatic rings. The third-order valence-corrected chi connectivity index (χ3v) is 15.4. The molecule has 0 aromatic heterocycles. The van der Waals surface area contributed by atoms with Crippen molar-refractivity contribution in [1.29, 1.82) is 0 Å². The molecule has 0 fully saturated rings. The Bertz CT molecular complexity index is 3520. The zero-order valence-corrected chi connectivity index (χ0v) is 37.3.